The van der Waals surface area contributed by atoms with Crippen LogP contribution < -0.4 is 5.73 Å². The molecule has 0 atom stereocenters. The Hall–Kier alpha value is -0.120. The second-order valence-corrected chi connectivity index (χ2v) is 4.78. The van der Waals surface area contributed by atoms with Gasteiger partial charge in [0.05, 0.1) is 16.3 Å². The summed E-state index contributed by atoms with van der Waals surface area (Å²) in [6.07, 6.45) is 4.86. The van der Waals surface area contributed by atoms with E-state index in [-0.39, 0.29) is 5.54 Å². The fraction of sp³-hybridized carbons (Fsp3) is 0.444. The summed E-state index contributed by atoms with van der Waals surface area (Å²) in [5.41, 5.74) is 6.85. The van der Waals surface area contributed by atoms with Gasteiger partial charge in [0.25, 0.3) is 0 Å². The molecule has 1 aromatic rings. The highest BCUT2D eigenvalue weighted by Gasteiger charge is 2.37. The zero-order chi connectivity index (χ0) is 9.47. The van der Waals surface area contributed by atoms with E-state index in [1.807, 2.05) is 6.07 Å². The molecule has 1 aromatic heterocycles. The molecule has 1 aliphatic rings. The van der Waals surface area contributed by atoms with Crippen molar-refractivity contribution >= 4 is 27.5 Å². The van der Waals surface area contributed by atoms with Crippen molar-refractivity contribution in [2.24, 2.45) is 5.73 Å². The van der Waals surface area contributed by atoms with Crippen molar-refractivity contribution in [1.29, 1.82) is 0 Å². The predicted molar refractivity (Wildman–Crippen MR) is 56.7 cm³/mol. The van der Waals surface area contributed by atoms with Crippen LogP contribution in [0.15, 0.2) is 16.7 Å². The molecule has 1 saturated carbocycles. The van der Waals surface area contributed by atoms with Gasteiger partial charge in [0.2, 0.25) is 0 Å². The molecule has 0 aliphatic heterocycles. The lowest BCUT2D eigenvalue weighted by molar-refractivity contribution is 0.245. The van der Waals surface area contributed by atoms with E-state index in [0.717, 1.165) is 23.0 Å². The van der Waals surface area contributed by atoms with Gasteiger partial charge in [-0.3, -0.25) is 4.98 Å². The molecule has 0 unspecified atom stereocenters. The SMILES string of the molecule is NC1(c2ncc(Cl)cc2Br)CCC1. The maximum atomic E-state index is 6.14. The molecule has 2 nitrogen and oxygen atoms in total. The monoisotopic (exact) mass is 260 g/mol. The normalized spacial score (nSPS) is 19.6. The number of aromatic nitrogens is 1. The summed E-state index contributed by atoms with van der Waals surface area (Å²) in [5, 5.41) is 0.638. The standard InChI is InChI=1S/C9H10BrClN2/c10-7-4-6(11)5-13-8(7)9(12)2-1-3-9/h4-5H,1-3,12H2. The third kappa shape index (κ3) is 1.60. The highest BCUT2D eigenvalue weighted by molar-refractivity contribution is 9.10. The molecule has 4 heteroatoms. The van der Waals surface area contributed by atoms with E-state index in [0.29, 0.717) is 5.02 Å². The summed E-state index contributed by atoms with van der Waals surface area (Å²) >= 11 is 9.23. The number of hydrogen-bond acceptors (Lipinski definition) is 2. The highest BCUT2D eigenvalue weighted by atomic mass is 79.9. The van der Waals surface area contributed by atoms with Gasteiger partial charge >= 0.3 is 0 Å². The maximum Gasteiger partial charge on any atom is 0.0745 e. The molecule has 0 radical (unpaired) electrons. The molecule has 1 fully saturated rings. The van der Waals surface area contributed by atoms with E-state index < -0.39 is 0 Å². The minimum absolute atomic E-state index is 0.219. The lowest BCUT2D eigenvalue weighted by atomic mass is 9.75. The van der Waals surface area contributed by atoms with E-state index >= 15 is 0 Å². The van der Waals surface area contributed by atoms with Crippen molar-refractivity contribution in [3.05, 3.63) is 27.5 Å². The van der Waals surface area contributed by atoms with Gasteiger partial charge in [0.1, 0.15) is 0 Å². The number of hydrogen-bond donors (Lipinski definition) is 1. The molecule has 70 valence electrons. The zero-order valence-electron chi connectivity index (χ0n) is 7.06. The molecule has 0 spiro atoms. The number of nitrogens with two attached hydrogens (primary N) is 1. The molecule has 0 amide bonds. The van der Waals surface area contributed by atoms with Gasteiger partial charge < -0.3 is 5.73 Å². The van der Waals surface area contributed by atoms with Crippen LogP contribution in [0.2, 0.25) is 5.02 Å². The number of pyridine rings is 1. The molecule has 0 aromatic carbocycles. The molecule has 2 rings (SSSR count). The summed E-state index contributed by atoms with van der Waals surface area (Å²) in [4.78, 5) is 4.27. The summed E-state index contributed by atoms with van der Waals surface area (Å²) in [7, 11) is 0. The first kappa shape index (κ1) is 9.44. The summed E-state index contributed by atoms with van der Waals surface area (Å²) in [5.74, 6) is 0. The minimum atomic E-state index is -0.219. The first-order chi connectivity index (χ1) is 6.12. The van der Waals surface area contributed by atoms with Crippen molar-refractivity contribution in [1.82, 2.24) is 4.98 Å². The fourth-order valence-corrected chi connectivity index (χ4v) is 2.61. The largest absolute Gasteiger partial charge is 0.320 e. The zero-order valence-corrected chi connectivity index (χ0v) is 9.40. The molecule has 0 saturated heterocycles. The second-order valence-electron chi connectivity index (χ2n) is 3.49. The van der Waals surface area contributed by atoms with Crippen LogP contribution in [-0.2, 0) is 5.54 Å². The lowest BCUT2D eigenvalue weighted by Gasteiger charge is -2.38. The summed E-state index contributed by atoms with van der Waals surface area (Å²) in [6, 6.07) is 1.84. The van der Waals surface area contributed by atoms with Crippen molar-refractivity contribution in [3.63, 3.8) is 0 Å². The predicted octanol–water partition coefficient (Wildman–Crippen LogP) is 2.84. The Morgan fingerprint density at radius 3 is 2.69 bits per heavy atom. The van der Waals surface area contributed by atoms with E-state index in [9.17, 15) is 0 Å². The Labute approximate surface area is 90.6 Å². The van der Waals surface area contributed by atoms with Crippen LogP contribution in [-0.4, -0.2) is 4.98 Å². The van der Waals surface area contributed by atoms with Crippen LogP contribution in [0.5, 0.6) is 0 Å². The average Bonchev–Trinajstić information content (AvgIpc) is 2.00. The smallest absolute Gasteiger partial charge is 0.0745 e. The van der Waals surface area contributed by atoms with Crippen LogP contribution in [0.25, 0.3) is 0 Å². The van der Waals surface area contributed by atoms with Crippen LogP contribution in [0, 0.1) is 0 Å². The van der Waals surface area contributed by atoms with Gasteiger partial charge in [-0.25, -0.2) is 0 Å². The molecular weight excluding hydrogens is 251 g/mol. The second kappa shape index (κ2) is 3.23. The Kier molecular flexibility index (Phi) is 2.34. The van der Waals surface area contributed by atoms with Gasteiger partial charge in [-0.2, -0.15) is 0 Å². The Morgan fingerprint density at radius 2 is 2.23 bits per heavy atom. The van der Waals surface area contributed by atoms with Crippen molar-refractivity contribution < 1.29 is 0 Å². The Bertz CT molecular complexity index is 336. The minimum Gasteiger partial charge on any atom is -0.320 e. The number of nitrogens with zero attached hydrogens (tertiary/aromatic N) is 1. The van der Waals surface area contributed by atoms with Gasteiger partial charge in [-0.15, -0.1) is 0 Å². The fourth-order valence-electron chi connectivity index (χ4n) is 1.58. The van der Waals surface area contributed by atoms with Crippen LogP contribution in [0.1, 0.15) is 25.0 Å². The topological polar surface area (TPSA) is 38.9 Å². The van der Waals surface area contributed by atoms with Crippen molar-refractivity contribution in [3.8, 4) is 0 Å². The lowest BCUT2D eigenvalue weighted by Crippen LogP contribution is -2.44. The van der Waals surface area contributed by atoms with Gasteiger partial charge in [-0.1, -0.05) is 11.6 Å². The van der Waals surface area contributed by atoms with E-state index in [4.69, 9.17) is 17.3 Å². The third-order valence-corrected chi connectivity index (χ3v) is 3.34. The number of rotatable bonds is 1. The van der Waals surface area contributed by atoms with Gasteiger partial charge in [0.15, 0.2) is 0 Å². The first-order valence-corrected chi connectivity index (χ1v) is 5.39. The van der Waals surface area contributed by atoms with Crippen LogP contribution in [0.4, 0.5) is 0 Å². The quantitative estimate of drug-likeness (QED) is 0.844. The molecule has 0 bridgehead atoms. The van der Waals surface area contributed by atoms with Crippen LogP contribution >= 0.6 is 27.5 Å². The number of halogens is 2. The third-order valence-electron chi connectivity index (χ3n) is 2.53. The first-order valence-electron chi connectivity index (χ1n) is 4.22. The molecule has 1 aliphatic carbocycles. The molecule has 2 N–H and O–H groups in total. The van der Waals surface area contributed by atoms with Crippen LogP contribution in [0.3, 0.4) is 0 Å². The summed E-state index contributed by atoms with van der Waals surface area (Å²) in [6.45, 7) is 0. The highest BCUT2D eigenvalue weighted by Crippen LogP contribution is 2.40. The molecule has 1 heterocycles. The van der Waals surface area contributed by atoms with E-state index in [2.05, 4.69) is 20.9 Å². The Morgan fingerprint density at radius 1 is 1.54 bits per heavy atom. The maximum absolute atomic E-state index is 6.14. The van der Waals surface area contributed by atoms with E-state index in [1.165, 1.54) is 6.42 Å². The van der Waals surface area contributed by atoms with Crippen molar-refractivity contribution in [2.45, 2.75) is 24.8 Å². The molecule has 13 heavy (non-hydrogen) atoms. The van der Waals surface area contributed by atoms with Gasteiger partial charge in [0, 0.05) is 10.7 Å². The summed E-state index contributed by atoms with van der Waals surface area (Å²) < 4.78 is 0.919. The van der Waals surface area contributed by atoms with E-state index in [1.54, 1.807) is 6.20 Å². The van der Waals surface area contributed by atoms with Gasteiger partial charge in [-0.05, 0) is 41.3 Å². The average molecular weight is 262 g/mol. The Balaban J connectivity index is 2.40. The molecular formula is C9H10BrClN2. The van der Waals surface area contributed by atoms with Crippen molar-refractivity contribution in [2.75, 3.05) is 0 Å².